The molecule has 78 valence electrons. The Bertz CT molecular complexity index is 302. The third kappa shape index (κ3) is 2.16. The Kier molecular flexibility index (Phi) is 2.91. The van der Waals surface area contributed by atoms with Gasteiger partial charge in [0.15, 0.2) is 0 Å². The summed E-state index contributed by atoms with van der Waals surface area (Å²) in [5, 5.41) is 9.00. The van der Waals surface area contributed by atoms with Crippen molar-refractivity contribution in [3.05, 3.63) is 11.9 Å². The van der Waals surface area contributed by atoms with Crippen LogP contribution in [0.1, 0.15) is 38.3 Å². The van der Waals surface area contributed by atoms with Gasteiger partial charge >= 0.3 is 0 Å². The van der Waals surface area contributed by atoms with E-state index >= 15 is 0 Å². The van der Waals surface area contributed by atoms with Crippen LogP contribution >= 0.6 is 15.9 Å². The van der Waals surface area contributed by atoms with Crippen molar-refractivity contribution >= 4 is 15.9 Å². The van der Waals surface area contributed by atoms with Crippen molar-refractivity contribution in [2.45, 2.75) is 44.5 Å². The van der Waals surface area contributed by atoms with Crippen LogP contribution in [0.25, 0.3) is 0 Å². The second kappa shape index (κ2) is 4.01. The van der Waals surface area contributed by atoms with Crippen molar-refractivity contribution in [2.75, 3.05) is 0 Å². The SMILES string of the molecule is CC1(Cn2cc(CBr)nn2)CCCC1. The summed E-state index contributed by atoms with van der Waals surface area (Å²) in [6, 6.07) is 0. The third-order valence-corrected chi connectivity index (χ3v) is 3.65. The number of halogens is 1. The van der Waals surface area contributed by atoms with Gasteiger partial charge in [0.2, 0.25) is 0 Å². The zero-order chi connectivity index (χ0) is 10.0. The summed E-state index contributed by atoms with van der Waals surface area (Å²) in [5.74, 6) is 0. The maximum atomic E-state index is 4.13. The van der Waals surface area contributed by atoms with Gasteiger partial charge in [0.1, 0.15) is 0 Å². The maximum absolute atomic E-state index is 4.13. The van der Waals surface area contributed by atoms with E-state index in [2.05, 4.69) is 33.2 Å². The average Bonchev–Trinajstić information content (AvgIpc) is 2.75. The minimum Gasteiger partial charge on any atom is -0.252 e. The molecule has 1 saturated carbocycles. The summed E-state index contributed by atoms with van der Waals surface area (Å²) < 4.78 is 1.99. The molecule has 0 unspecified atom stereocenters. The highest BCUT2D eigenvalue weighted by Gasteiger charge is 2.29. The van der Waals surface area contributed by atoms with E-state index in [1.54, 1.807) is 0 Å². The van der Waals surface area contributed by atoms with Crippen LogP contribution in [0.5, 0.6) is 0 Å². The lowest BCUT2D eigenvalue weighted by atomic mass is 9.89. The lowest BCUT2D eigenvalue weighted by Crippen LogP contribution is -2.19. The van der Waals surface area contributed by atoms with Gasteiger partial charge in [-0.15, -0.1) is 5.10 Å². The highest BCUT2D eigenvalue weighted by atomic mass is 79.9. The van der Waals surface area contributed by atoms with E-state index < -0.39 is 0 Å². The number of alkyl halides is 1. The summed E-state index contributed by atoms with van der Waals surface area (Å²) >= 11 is 3.38. The van der Waals surface area contributed by atoms with Crippen molar-refractivity contribution < 1.29 is 0 Å². The van der Waals surface area contributed by atoms with E-state index in [0.717, 1.165) is 17.6 Å². The predicted octanol–water partition coefficient (Wildman–Crippen LogP) is 2.75. The van der Waals surface area contributed by atoms with Gasteiger partial charge < -0.3 is 0 Å². The molecule has 0 saturated heterocycles. The first kappa shape index (κ1) is 10.1. The molecule has 0 N–H and O–H groups in total. The lowest BCUT2D eigenvalue weighted by molar-refractivity contribution is 0.265. The molecule has 1 fully saturated rings. The molecule has 1 aromatic heterocycles. The number of hydrogen-bond acceptors (Lipinski definition) is 2. The van der Waals surface area contributed by atoms with Gasteiger partial charge in [0, 0.05) is 18.1 Å². The zero-order valence-electron chi connectivity index (χ0n) is 8.54. The molecular weight excluding hydrogens is 242 g/mol. The Morgan fingerprint density at radius 1 is 1.50 bits per heavy atom. The molecule has 0 amide bonds. The molecular formula is C10H16BrN3. The second-order valence-corrected chi connectivity index (χ2v) is 5.12. The molecule has 4 heteroatoms. The molecule has 0 radical (unpaired) electrons. The molecule has 0 atom stereocenters. The summed E-state index contributed by atoms with van der Waals surface area (Å²) in [4.78, 5) is 0. The van der Waals surface area contributed by atoms with E-state index in [4.69, 9.17) is 0 Å². The highest BCUT2D eigenvalue weighted by Crippen LogP contribution is 2.38. The Hall–Kier alpha value is -0.380. The molecule has 1 heterocycles. The topological polar surface area (TPSA) is 30.7 Å². The van der Waals surface area contributed by atoms with Crippen molar-refractivity contribution in [2.24, 2.45) is 5.41 Å². The van der Waals surface area contributed by atoms with Crippen LogP contribution in [-0.2, 0) is 11.9 Å². The van der Waals surface area contributed by atoms with E-state index in [0.29, 0.717) is 5.41 Å². The van der Waals surface area contributed by atoms with Crippen molar-refractivity contribution in [3.8, 4) is 0 Å². The predicted molar refractivity (Wildman–Crippen MR) is 59.2 cm³/mol. The van der Waals surface area contributed by atoms with Gasteiger partial charge in [-0.05, 0) is 18.3 Å². The molecule has 0 spiro atoms. The molecule has 0 aliphatic heterocycles. The van der Waals surface area contributed by atoms with Gasteiger partial charge in [-0.2, -0.15) is 0 Å². The first-order chi connectivity index (χ1) is 6.72. The van der Waals surface area contributed by atoms with Crippen molar-refractivity contribution in [1.29, 1.82) is 0 Å². The summed E-state index contributed by atoms with van der Waals surface area (Å²) in [7, 11) is 0. The molecule has 3 nitrogen and oxygen atoms in total. The summed E-state index contributed by atoms with van der Waals surface area (Å²) in [6.45, 7) is 3.38. The number of rotatable bonds is 3. The normalized spacial score (nSPS) is 20.1. The first-order valence-corrected chi connectivity index (χ1v) is 6.29. The van der Waals surface area contributed by atoms with Crippen LogP contribution < -0.4 is 0 Å². The van der Waals surface area contributed by atoms with Crippen LogP contribution in [0.2, 0.25) is 0 Å². The van der Waals surface area contributed by atoms with Crippen LogP contribution in [0, 0.1) is 5.41 Å². The molecule has 14 heavy (non-hydrogen) atoms. The number of nitrogens with zero attached hydrogens (tertiary/aromatic N) is 3. The van der Waals surface area contributed by atoms with Crippen molar-refractivity contribution in [1.82, 2.24) is 15.0 Å². The van der Waals surface area contributed by atoms with Gasteiger partial charge in [0.05, 0.1) is 5.69 Å². The smallest absolute Gasteiger partial charge is 0.0932 e. The van der Waals surface area contributed by atoms with Gasteiger partial charge in [-0.3, -0.25) is 4.68 Å². The first-order valence-electron chi connectivity index (χ1n) is 5.17. The fourth-order valence-corrected chi connectivity index (χ4v) is 2.51. The minimum absolute atomic E-state index is 0.456. The quantitative estimate of drug-likeness (QED) is 0.780. The average molecular weight is 258 g/mol. The van der Waals surface area contributed by atoms with E-state index in [1.807, 2.05) is 10.9 Å². The second-order valence-electron chi connectivity index (χ2n) is 4.56. The summed E-state index contributed by atoms with van der Waals surface area (Å²) in [6.07, 6.45) is 7.44. The van der Waals surface area contributed by atoms with E-state index in [9.17, 15) is 0 Å². The maximum Gasteiger partial charge on any atom is 0.0932 e. The minimum atomic E-state index is 0.456. The van der Waals surface area contributed by atoms with Gasteiger partial charge in [-0.25, -0.2) is 0 Å². The number of hydrogen-bond donors (Lipinski definition) is 0. The Morgan fingerprint density at radius 3 is 2.79 bits per heavy atom. The molecule has 2 rings (SSSR count). The zero-order valence-corrected chi connectivity index (χ0v) is 10.1. The Labute approximate surface area is 93.0 Å². The Balaban J connectivity index is 2.02. The fraction of sp³-hybridized carbons (Fsp3) is 0.800. The Morgan fingerprint density at radius 2 is 2.21 bits per heavy atom. The molecule has 1 aromatic rings. The molecule has 0 bridgehead atoms. The van der Waals surface area contributed by atoms with E-state index in [1.165, 1.54) is 25.7 Å². The van der Waals surface area contributed by atoms with Gasteiger partial charge in [0.25, 0.3) is 0 Å². The highest BCUT2D eigenvalue weighted by molar-refractivity contribution is 9.08. The largest absolute Gasteiger partial charge is 0.252 e. The lowest BCUT2D eigenvalue weighted by Gasteiger charge is -2.22. The third-order valence-electron chi connectivity index (χ3n) is 3.08. The van der Waals surface area contributed by atoms with Gasteiger partial charge in [-0.1, -0.05) is 40.9 Å². The number of aromatic nitrogens is 3. The standard InChI is InChI=1S/C10H16BrN3/c1-10(4-2-3-5-10)8-14-7-9(6-11)12-13-14/h7H,2-6,8H2,1H3. The van der Waals surface area contributed by atoms with Crippen molar-refractivity contribution in [3.63, 3.8) is 0 Å². The van der Waals surface area contributed by atoms with Crippen LogP contribution in [0.15, 0.2) is 6.20 Å². The van der Waals surface area contributed by atoms with Crippen LogP contribution in [0.3, 0.4) is 0 Å². The molecule has 1 aliphatic rings. The van der Waals surface area contributed by atoms with E-state index in [-0.39, 0.29) is 0 Å². The fourth-order valence-electron chi connectivity index (χ4n) is 2.25. The van der Waals surface area contributed by atoms with Crippen LogP contribution in [-0.4, -0.2) is 15.0 Å². The molecule has 0 aromatic carbocycles. The summed E-state index contributed by atoms with van der Waals surface area (Å²) in [5.41, 5.74) is 1.48. The monoisotopic (exact) mass is 257 g/mol. The molecule has 1 aliphatic carbocycles. The van der Waals surface area contributed by atoms with Crippen LogP contribution in [0.4, 0.5) is 0 Å².